The van der Waals surface area contributed by atoms with E-state index in [-0.39, 0.29) is 6.04 Å². The molecule has 170 valence electrons. The van der Waals surface area contributed by atoms with Crippen LogP contribution in [-0.2, 0) is 4.74 Å². The summed E-state index contributed by atoms with van der Waals surface area (Å²) in [7, 11) is 5.80. The van der Waals surface area contributed by atoms with E-state index in [2.05, 4.69) is 51.7 Å². The van der Waals surface area contributed by atoms with Crippen LogP contribution in [-0.4, -0.2) is 100 Å². The van der Waals surface area contributed by atoms with Crippen molar-refractivity contribution in [2.45, 2.75) is 25.5 Å². The molecule has 1 aromatic carbocycles. The van der Waals surface area contributed by atoms with Crippen molar-refractivity contribution in [3.8, 4) is 5.75 Å². The van der Waals surface area contributed by atoms with Gasteiger partial charge >= 0.3 is 0 Å². The molecule has 0 aromatic heterocycles. The topological polar surface area (TPSA) is 81.6 Å². The molecule has 1 saturated heterocycles. The third-order valence-corrected chi connectivity index (χ3v) is 5.15. The highest BCUT2D eigenvalue weighted by molar-refractivity contribution is 5.79. The van der Waals surface area contributed by atoms with E-state index in [9.17, 15) is 5.11 Å². The van der Waals surface area contributed by atoms with Gasteiger partial charge in [0.2, 0.25) is 0 Å². The Morgan fingerprint density at radius 1 is 1.33 bits per heavy atom. The van der Waals surface area contributed by atoms with Crippen molar-refractivity contribution in [3.63, 3.8) is 0 Å². The van der Waals surface area contributed by atoms with Crippen molar-refractivity contribution in [3.05, 3.63) is 29.8 Å². The van der Waals surface area contributed by atoms with Crippen LogP contribution in [0.25, 0.3) is 0 Å². The number of likely N-dealkylation sites (N-methyl/N-ethyl adjacent to an activating group) is 1. The van der Waals surface area contributed by atoms with E-state index in [4.69, 9.17) is 9.47 Å². The third-order valence-electron chi connectivity index (χ3n) is 5.15. The van der Waals surface area contributed by atoms with Crippen molar-refractivity contribution in [2.24, 2.45) is 4.99 Å². The summed E-state index contributed by atoms with van der Waals surface area (Å²) < 4.78 is 10.8. The standard InChI is InChI=1S/C22H39N5O3/c1-6-23-21(25-16-22(2,28)17-27-10-12-30-13-11-27)24-15-20(26(3)4)18-8-7-9-19(14-18)29-5/h7-9,14,20,28H,6,10-13,15-17H2,1-5H3,(H2,23,24,25). The van der Waals surface area contributed by atoms with Gasteiger partial charge in [0.25, 0.3) is 0 Å². The zero-order valence-electron chi connectivity index (χ0n) is 19.1. The number of hydrogen-bond donors (Lipinski definition) is 3. The van der Waals surface area contributed by atoms with Gasteiger partial charge in [-0.3, -0.25) is 9.89 Å². The highest BCUT2D eigenvalue weighted by Crippen LogP contribution is 2.22. The summed E-state index contributed by atoms with van der Waals surface area (Å²) in [4.78, 5) is 9.05. The molecule has 1 aliphatic heterocycles. The molecule has 2 unspecified atom stereocenters. The summed E-state index contributed by atoms with van der Waals surface area (Å²) in [6.07, 6.45) is 0. The van der Waals surface area contributed by atoms with Crippen LogP contribution in [0, 0.1) is 0 Å². The van der Waals surface area contributed by atoms with E-state index in [1.165, 1.54) is 5.56 Å². The lowest BCUT2D eigenvalue weighted by molar-refractivity contribution is -0.0180. The summed E-state index contributed by atoms with van der Waals surface area (Å²) >= 11 is 0. The fourth-order valence-electron chi connectivity index (χ4n) is 3.52. The van der Waals surface area contributed by atoms with Gasteiger partial charge in [-0.2, -0.15) is 0 Å². The summed E-state index contributed by atoms with van der Waals surface area (Å²) in [5.41, 5.74) is 0.273. The van der Waals surface area contributed by atoms with Gasteiger partial charge in [-0.1, -0.05) is 12.1 Å². The number of rotatable bonds is 10. The van der Waals surface area contributed by atoms with E-state index in [0.717, 1.165) is 38.6 Å². The average molecular weight is 422 g/mol. The number of benzene rings is 1. The van der Waals surface area contributed by atoms with Gasteiger partial charge in [-0.05, 0) is 45.6 Å². The predicted octanol–water partition coefficient (Wildman–Crippen LogP) is 0.936. The van der Waals surface area contributed by atoms with Gasteiger partial charge in [0.15, 0.2) is 5.96 Å². The molecule has 8 nitrogen and oxygen atoms in total. The van der Waals surface area contributed by atoms with Crippen molar-refractivity contribution in [1.29, 1.82) is 0 Å². The Labute approximate surface area is 181 Å². The van der Waals surface area contributed by atoms with Crippen LogP contribution in [0.15, 0.2) is 29.3 Å². The predicted molar refractivity (Wildman–Crippen MR) is 121 cm³/mol. The Morgan fingerprint density at radius 3 is 2.70 bits per heavy atom. The number of nitrogens with zero attached hydrogens (tertiary/aromatic N) is 3. The van der Waals surface area contributed by atoms with Gasteiger partial charge in [-0.15, -0.1) is 0 Å². The van der Waals surface area contributed by atoms with Gasteiger partial charge in [0.05, 0.1) is 38.5 Å². The molecule has 0 saturated carbocycles. The molecule has 0 amide bonds. The third kappa shape index (κ3) is 8.10. The molecular formula is C22H39N5O3. The summed E-state index contributed by atoms with van der Waals surface area (Å²) in [5.74, 6) is 1.55. The summed E-state index contributed by atoms with van der Waals surface area (Å²) in [6, 6.07) is 8.27. The second kappa shape index (κ2) is 12.1. The first-order chi connectivity index (χ1) is 14.3. The molecule has 1 fully saturated rings. The number of aliphatic imine (C=N–C) groups is 1. The van der Waals surface area contributed by atoms with Gasteiger partial charge in [-0.25, -0.2) is 0 Å². The molecule has 1 aromatic rings. The highest BCUT2D eigenvalue weighted by atomic mass is 16.5. The van der Waals surface area contributed by atoms with Gasteiger partial charge in [0, 0.05) is 32.7 Å². The van der Waals surface area contributed by atoms with Crippen LogP contribution in [0.5, 0.6) is 5.75 Å². The Morgan fingerprint density at radius 2 is 2.07 bits per heavy atom. The van der Waals surface area contributed by atoms with Crippen LogP contribution >= 0.6 is 0 Å². The summed E-state index contributed by atoms with van der Waals surface area (Å²) in [6.45, 7) is 9.37. The monoisotopic (exact) mass is 421 g/mol. The normalized spacial score (nSPS) is 18.7. The highest BCUT2D eigenvalue weighted by Gasteiger charge is 2.25. The first kappa shape index (κ1) is 24.4. The Bertz CT molecular complexity index is 660. The molecule has 3 N–H and O–H groups in total. The molecule has 2 rings (SSSR count). The number of guanidine groups is 1. The molecule has 0 aliphatic carbocycles. The van der Waals surface area contributed by atoms with Gasteiger partial charge < -0.3 is 30.1 Å². The van der Waals surface area contributed by atoms with E-state index in [1.807, 2.05) is 26.0 Å². The Kier molecular flexibility index (Phi) is 9.84. The van der Waals surface area contributed by atoms with Crippen molar-refractivity contribution < 1.29 is 14.6 Å². The van der Waals surface area contributed by atoms with E-state index in [1.54, 1.807) is 7.11 Å². The maximum Gasteiger partial charge on any atom is 0.191 e. The van der Waals surface area contributed by atoms with Crippen LogP contribution in [0.1, 0.15) is 25.5 Å². The van der Waals surface area contributed by atoms with E-state index >= 15 is 0 Å². The first-order valence-electron chi connectivity index (χ1n) is 10.7. The first-order valence-corrected chi connectivity index (χ1v) is 10.7. The van der Waals surface area contributed by atoms with E-state index in [0.29, 0.717) is 25.6 Å². The Balaban J connectivity index is 1.99. The van der Waals surface area contributed by atoms with Crippen LogP contribution in [0.3, 0.4) is 0 Å². The molecule has 2 atom stereocenters. The van der Waals surface area contributed by atoms with Crippen molar-refractivity contribution in [2.75, 3.05) is 73.7 Å². The number of β-amino-alcohol motifs (C(OH)–C–C–N with tert-alkyl or cyclic N) is 1. The zero-order valence-corrected chi connectivity index (χ0v) is 19.1. The number of ether oxygens (including phenoxy) is 2. The van der Waals surface area contributed by atoms with Gasteiger partial charge in [0.1, 0.15) is 5.75 Å². The number of hydrogen-bond acceptors (Lipinski definition) is 6. The molecule has 0 radical (unpaired) electrons. The molecule has 1 heterocycles. The van der Waals surface area contributed by atoms with Crippen molar-refractivity contribution >= 4 is 5.96 Å². The zero-order chi connectivity index (χ0) is 22.0. The van der Waals surface area contributed by atoms with Crippen LogP contribution in [0.2, 0.25) is 0 Å². The molecule has 30 heavy (non-hydrogen) atoms. The largest absolute Gasteiger partial charge is 0.497 e. The quantitative estimate of drug-likeness (QED) is 0.383. The smallest absolute Gasteiger partial charge is 0.191 e. The number of aliphatic hydroxyl groups is 1. The molecule has 0 bridgehead atoms. The van der Waals surface area contributed by atoms with Crippen molar-refractivity contribution in [1.82, 2.24) is 20.4 Å². The SMILES string of the molecule is CCNC(=NCC(C)(O)CN1CCOCC1)NCC(c1cccc(OC)c1)N(C)C. The fraction of sp³-hybridized carbons (Fsp3) is 0.682. The fourth-order valence-corrected chi connectivity index (χ4v) is 3.52. The minimum atomic E-state index is -0.895. The van der Waals surface area contributed by atoms with Crippen LogP contribution < -0.4 is 15.4 Å². The second-order valence-corrected chi connectivity index (χ2v) is 8.22. The summed E-state index contributed by atoms with van der Waals surface area (Å²) in [5, 5.41) is 17.5. The lowest BCUT2D eigenvalue weighted by Crippen LogP contribution is -2.48. The maximum absolute atomic E-state index is 10.8. The lowest BCUT2D eigenvalue weighted by atomic mass is 10.1. The Hall–Kier alpha value is -1.87. The minimum absolute atomic E-state index is 0.151. The number of nitrogens with one attached hydrogen (secondary N) is 2. The second-order valence-electron chi connectivity index (χ2n) is 8.22. The molecule has 0 spiro atoms. The number of methoxy groups -OCH3 is 1. The maximum atomic E-state index is 10.8. The number of morpholine rings is 1. The van der Waals surface area contributed by atoms with E-state index < -0.39 is 5.60 Å². The lowest BCUT2D eigenvalue weighted by Gasteiger charge is -2.33. The molecular weight excluding hydrogens is 382 g/mol. The molecule has 8 heteroatoms. The molecule has 1 aliphatic rings. The average Bonchev–Trinajstić information content (AvgIpc) is 2.72. The minimum Gasteiger partial charge on any atom is -0.497 e. The van der Waals surface area contributed by atoms with Crippen LogP contribution in [0.4, 0.5) is 0 Å².